The van der Waals surface area contributed by atoms with Crippen molar-refractivity contribution in [3.63, 3.8) is 0 Å². The minimum atomic E-state index is 0.472. The molecule has 0 aliphatic carbocycles. The molecule has 2 aromatic carbocycles. The number of nitrogen functional groups attached to an aromatic ring is 1. The average molecular weight is 269 g/mol. The summed E-state index contributed by atoms with van der Waals surface area (Å²) in [6.07, 6.45) is 1.74. The second-order valence-corrected chi connectivity index (χ2v) is 4.58. The number of aromatic nitrogens is 2. The Hall–Kier alpha value is -2.51. The molecule has 0 unspecified atom stereocenters. The standard InChI is InChI=1S/C14H9ClN4/c15-11-2-4-13(10(5-11)7-16)19-14-6-12(17)3-1-9(14)8-18-19/h1-6,8H,17H2. The topological polar surface area (TPSA) is 67.6 Å². The van der Waals surface area contributed by atoms with Gasteiger partial charge in [-0.3, -0.25) is 0 Å². The minimum Gasteiger partial charge on any atom is -0.399 e. The van der Waals surface area contributed by atoms with E-state index in [0.717, 1.165) is 10.9 Å². The Morgan fingerprint density at radius 3 is 2.84 bits per heavy atom. The van der Waals surface area contributed by atoms with E-state index in [1.807, 2.05) is 18.2 Å². The van der Waals surface area contributed by atoms with Crippen molar-refractivity contribution < 1.29 is 0 Å². The molecule has 0 fully saturated rings. The van der Waals surface area contributed by atoms with Crippen molar-refractivity contribution in [3.8, 4) is 11.8 Å². The number of nitrogens with zero attached hydrogens (tertiary/aromatic N) is 3. The molecule has 0 radical (unpaired) electrons. The zero-order valence-electron chi connectivity index (χ0n) is 9.84. The van der Waals surface area contributed by atoms with Gasteiger partial charge in [0.2, 0.25) is 0 Å². The van der Waals surface area contributed by atoms with Crippen molar-refractivity contribution in [2.45, 2.75) is 0 Å². The lowest BCUT2D eigenvalue weighted by Crippen LogP contribution is -1.99. The summed E-state index contributed by atoms with van der Waals surface area (Å²) in [5.41, 5.74) is 8.47. The maximum Gasteiger partial charge on any atom is 0.101 e. The maximum absolute atomic E-state index is 9.19. The molecule has 0 saturated heterocycles. The van der Waals surface area contributed by atoms with E-state index < -0.39 is 0 Å². The highest BCUT2D eigenvalue weighted by Gasteiger charge is 2.10. The van der Waals surface area contributed by atoms with Crippen LogP contribution in [0.5, 0.6) is 0 Å². The summed E-state index contributed by atoms with van der Waals surface area (Å²) in [6.45, 7) is 0. The van der Waals surface area contributed by atoms with E-state index >= 15 is 0 Å². The van der Waals surface area contributed by atoms with Crippen LogP contribution in [0.4, 0.5) is 5.69 Å². The van der Waals surface area contributed by atoms with Gasteiger partial charge in [-0.1, -0.05) is 11.6 Å². The van der Waals surface area contributed by atoms with E-state index in [1.54, 1.807) is 29.1 Å². The predicted octanol–water partition coefficient (Wildman–Crippen LogP) is 3.13. The van der Waals surface area contributed by atoms with Gasteiger partial charge in [0, 0.05) is 16.1 Å². The third-order valence-electron chi connectivity index (χ3n) is 2.90. The van der Waals surface area contributed by atoms with Crippen LogP contribution in [0, 0.1) is 11.3 Å². The molecule has 19 heavy (non-hydrogen) atoms. The smallest absolute Gasteiger partial charge is 0.101 e. The lowest BCUT2D eigenvalue weighted by atomic mass is 10.2. The van der Waals surface area contributed by atoms with Crippen molar-refractivity contribution in [3.05, 3.63) is 53.2 Å². The van der Waals surface area contributed by atoms with E-state index in [0.29, 0.717) is 22.0 Å². The molecule has 3 aromatic rings. The third kappa shape index (κ3) is 1.90. The second kappa shape index (κ2) is 4.30. The third-order valence-corrected chi connectivity index (χ3v) is 3.14. The summed E-state index contributed by atoms with van der Waals surface area (Å²) in [5.74, 6) is 0. The van der Waals surface area contributed by atoms with Crippen LogP contribution in [-0.4, -0.2) is 9.78 Å². The van der Waals surface area contributed by atoms with Gasteiger partial charge in [-0.2, -0.15) is 10.4 Å². The van der Waals surface area contributed by atoms with Crippen molar-refractivity contribution in [2.24, 2.45) is 0 Å². The van der Waals surface area contributed by atoms with Crippen molar-refractivity contribution in [1.29, 1.82) is 5.26 Å². The molecule has 4 nitrogen and oxygen atoms in total. The quantitative estimate of drug-likeness (QED) is 0.690. The first-order valence-corrected chi connectivity index (χ1v) is 6.00. The number of hydrogen-bond acceptors (Lipinski definition) is 3. The highest BCUT2D eigenvalue weighted by atomic mass is 35.5. The summed E-state index contributed by atoms with van der Waals surface area (Å²) < 4.78 is 1.70. The zero-order chi connectivity index (χ0) is 13.4. The molecular weight excluding hydrogens is 260 g/mol. The van der Waals surface area contributed by atoms with Crippen LogP contribution >= 0.6 is 11.6 Å². The predicted molar refractivity (Wildman–Crippen MR) is 75.2 cm³/mol. The zero-order valence-corrected chi connectivity index (χ0v) is 10.6. The lowest BCUT2D eigenvalue weighted by molar-refractivity contribution is 0.907. The normalized spacial score (nSPS) is 10.5. The van der Waals surface area contributed by atoms with Gasteiger partial charge in [-0.05, 0) is 36.4 Å². The first-order valence-electron chi connectivity index (χ1n) is 5.62. The molecule has 0 atom stereocenters. The number of halogens is 1. The van der Waals surface area contributed by atoms with Crippen LogP contribution in [-0.2, 0) is 0 Å². The van der Waals surface area contributed by atoms with Gasteiger partial charge in [-0.25, -0.2) is 4.68 Å². The largest absolute Gasteiger partial charge is 0.399 e. The Morgan fingerprint density at radius 1 is 1.21 bits per heavy atom. The van der Waals surface area contributed by atoms with Gasteiger partial charge in [0.1, 0.15) is 6.07 Å². The molecule has 0 bridgehead atoms. The van der Waals surface area contributed by atoms with Gasteiger partial charge < -0.3 is 5.73 Å². The monoisotopic (exact) mass is 268 g/mol. The Balaban J connectivity index is 2.31. The minimum absolute atomic E-state index is 0.472. The first kappa shape index (κ1) is 11.6. The van der Waals surface area contributed by atoms with E-state index in [9.17, 15) is 5.26 Å². The molecule has 5 heteroatoms. The summed E-state index contributed by atoms with van der Waals surface area (Å²) >= 11 is 5.90. The van der Waals surface area contributed by atoms with E-state index in [4.69, 9.17) is 17.3 Å². The highest BCUT2D eigenvalue weighted by molar-refractivity contribution is 6.30. The number of nitrogens with two attached hydrogens (primary N) is 1. The number of benzene rings is 2. The van der Waals surface area contributed by atoms with Crippen molar-refractivity contribution in [2.75, 3.05) is 5.73 Å². The van der Waals surface area contributed by atoms with Crippen molar-refractivity contribution in [1.82, 2.24) is 9.78 Å². The number of nitriles is 1. The Kier molecular flexibility index (Phi) is 2.62. The van der Waals surface area contributed by atoms with Gasteiger partial charge in [-0.15, -0.1) is 0 Å². The Morgan fingerprint density at radius 2 is 2.05 bits per heavy atom. The van der Waals surface area contributed by atoms with Crippen LogP contribution in [0.25, 0.3) is 16.6 Å². The summed E-state index contributed by atoms with van der Waals surface area (Å²) in [5, 5.41) is 15.0. The number of hydrogen-bond donors (Lipinski definition) is 1. The molecule has 0 saturated carbocycles. The highest BCUT2D eigenvalue weighted by Crippen LogP contribution is 2.24. The van der Waals surface area contributed by atoms with E-state index in [2.05, 4.69) is 11.2 Å². The maximum atomic E-state index is 9.19. The fraction of sp³-hybridized carbons (Fsp3) is 0. The lowest BCUT2D eigenvalue weighted by Gasteiger charge is -2.06. The van der Waals surface area contributed by atoms with Crippen molar-refractivity contribution >= 4 is 28.2 Å². The van der Waals surface area contributed by atoms with Crippen LogP contribution in [0.3, 0.4) is 0 Å². The fourth-order valence-electron chi connectivity index (χ4n) is 2.01. The molecule has 0 spiro atoms. The molecule has 1 aromatic heterocycles. The Labute approximate surface area is 114 Å². The first-order chi connectivity index (χ1) is 9.19. The van der Waals surface area contributed by atoms with Crippen LogP contribution < -0.4 is 5.73 Å². The Bertz CT molecular complexity index is 814. The van der Waals surface area contributed by atoms with E-state index in [1.165, 1.54) is 0 Å². The van der Waals surface area contributed by atoms with Gasteiger partial charge >= 0.3 is 0 Å². The number of anilines is 1. The molecule has 3 rings (SSSR count). The fourth-order valence-corrected chi connectivity index (χ4v) is 2.18. The molecule has 0 aliphatic heterocycles. The summed E-state index contributed by atoms with van der Waals surface area (Å²) in [6, 6.07) is 12.8. The SMILES string of the molecule is N#Cc1cc(Cl)ccc1-n1ncc2ccc(N)cc21. The van der Waals surface area contributed by atoms with Gasteiger partial charge in [0.25, 0.3) is 0 Å². The van der Waals surface area contributed by atoms with Gasteiger partial charge in [0.15, 0.2) is 0 Å². The van der Waals surface area contributed by atoms with E-state index in [-0.39, 0.29) is 0 Å². The molecule has 2 N–H and O–H groups in total. The molecule has 1 heterocycles. The summed E-state index contributed by atoms with van der Waals surface area (Å²) in [7, 11) is 0. The number of rotatable bonds is 1. The molecular formula is C14H9ClN4. The second-order valence-electron chi connectivity index (χ2n) is 4.15. The average Bonchev–Trinajstić information content (AvgIpc) is 2.81. The van der Waals surface area contributed by atoms with Crippen LogP contribution in [0.2, 0.25) is 5.02 Å². The number of fused-ring (bicyclic) bond motifs is 1. The van der Waals surface area contributed by atoms with Crippen LogP contribution in [0.1, 0.15) is 5.56 Å². The summed E-state index contributed by atoms with van der Waals surface area (Å²) in [4.78, 5) is 0. The molecule has 0 amide bonds. The molecule has 92 valence electrons. The molecule has 0 aliphatic rings. The van der Waals surface area contributed by atoms with Gasteiger partial charge in [0.05, 0.1) is 23.0 Å². The van der Waals surface area contributed by atoms with Crippen LogP contribution in [0.15, 0.2) is 42.6 Å².